The molecule has 3 unspecified atom stereocenters. The van der Waals surface area contributed by atoms with Gasteiger partial charge in [0.2, 0.25) is 5.91 Å². The molecule has 5 heteroatoms. The molecule has 0 aromatic carbocycles. The Bertz CT molecular complexity index is 874. The van der Waals surface area contributed by atoms with Crippen LogP contribution in [0, 0.1) is 0 Å². The lowest BCUT2D eigenvalue weighted by atomic mass is 10.0. The van der Waals surface area contributed by atoms with Gasteiger partial charge in [-0.15, -0.1) is 0 Å². The van der Waals surface area contributed by atoms with Gasteiger partial charge in [0.1, 0.15) is 6.10 Å². The molecule has 0 aliphatic rings. The highest BCUT2D eigenvalue weighted by atomic mass is 16.3. The van der Waals surface area contributed by atoms with Crippen molar-refractivity contribution in [3.8, 4) is 0 Å². The van der Waals surface area contributed by atoms with E-state index in [1.807, 2.05) is 0 Å². The van der Waals surface area contributed by atoms with Crippen molar-refractivity contribution in [1.29, 1.82) is 0 Å². The smallest absolute Gasteiger partial charge is 0.220 e. The molecular formula is C54H105NO4. The molecular weight excluding hydrogens is 727 g/mol. The summed E-state index contributed by atoms with van der Waals surface area (Å²) in [6.07, 6.45) is 61.9. The SMILES string of the molecule is CCCCCCCCC/C=C/CC/C=C/CCCC(O)C(O)C(CO)NC(=O)CCCCCCCCCCCCCCCCCCCCCCCCCCCCCCC. The summed E-state index contributed by atoms with van der Waals surface area (Å²) in [7, 11) is 0. The van der Waals surface area contributed by atoms with Crippen LogP contribution in [-0.4, -0.2) is 46.1 Å². The molecule has 0 aromatic rings. The number of hydrogen-bond donors (Lipinski definition) is 4. The third kappa shape index (κ3) is 44.7. The maximum atomic E-state index is 12.5. The average Bonchev–Trinajstić information content (AvgIpc) is 3.24. The Labute approximate surface area is 369 Å². The molecule has 0 spiro atoms. The Kier molecular flexibility index (Phi) is 48.5. The van der Waals surface area contributed by atoms with E-state index in [4.69, 9.17) is 0 Å². The van der Waals surface area contributed by atoms with Crippen molar-refractivity contribution >= 4 is 5.91 Å². The summed E-state index contributed by atoms with van der Waals surface area (Å²) in [5, 5.41) is 33.6. The molecule has 59 heavy (non-hydrogen) atoms. The Hall–Kier alpha value is -1.17. The van der Waals surface area contributed by atoms with E-state index >= 15 is 0 Å². The van der Waals surface area contributed by atoms with Crippen molar-refractivity contribution in [2.75, 3.05) is 6.61 Å². The maximum absolute atomic E-state index is 12.5. The van der Waals surface area contributed by atoms with Gasteiger partial charge in [-0.2, -0.15) is 0 Å². The van der Waals surface area contributed by atoms with E-state index in [1.54, 1.807) is 0 Å². The first-order valence-corrected chi connectivity index (χ1v) is 26.6. The fourth-order valence-electron chi connectivity index (χ4n) is 8.42. The number of amides is 1. The van der Waals surface area contributed by atoms with Crippen LogP contribution in [0.2, 0.25) is 0 Å². The largest absolute Gasteiger partial charge is 0.394 e. The predicted octanol–water partition coefficient (Wildman–Crippen LogP) is 16.1. The molecule has 0 saturated carbocycles. The summed E-state index contributed by atoms with van der Waals surface area (Å²) < 4.78 is 0. The Morgan fingerprint density at radius 2 is 0.695 bits per heavy atom. The van der Waals surface area contributed by atoms with Gasteiger partial charge in [0, 0.05) is 6.42 Å². The molecule has 0 bridgehead atoms. The Morgan fingerprint density at radius 1 is 0.407 bits per heavy atom. The summed E-state index contributed by atoms with van der Waals surface area (Å²) in [5.41, 5.74) is 0. The van der Waals surface area contributed by atoms with Crippen LogP contribution in [-0.2, 0) is 4.79 Å². The molecule has 0 aromatic heterocycles. The minimum absolute atomic E-state index is 0.153. The molecule has 1 amide bonds. The summed E-state index contributed by atoms with van der Waals surface area (Å²) in [4.78, 5) is 12.5. The fraction of sp³-hybridized carbons (Fsp3) is 0.907. The van der Waals surface area contributed by atoms with Crippen molar-refractivity contribution in [1.82, 2.24) is 5.32 Å². The van der Waals surface area contributed by atoms with Gasteiger partial charge in [-0.3, -0.25) is 4.79 Å². The number of carbonyl (C=O) groups excluding carboxylic acids is 1. The van der Waals surface area contributed by atoms with E-state index in [-0.39, 0.29) is 12.5 Å². The molecule has 0 aliphatic carbocycles. The van der Waals surface area contributed by atoms with Crippen LogP contribution >= 0.6 is 0 Å². The zero-order chi connectivity index (χ0) is 43.0. The summed E-state index contributed by atoms with van der Waals surface area (Å²) in [5.74, 6) is -0.153. The van der Waals surface area contributed by atoms with Crippen molar-refractivity contribution < 1.29 is 20.1 Å². The second-order valence-corrected chi connectivity index (χ2v) is 18.4. The van der Waals surface area contributed by atoms with Crippen LogP contribution in [0.5, 0.6) is 0 Å². The van der Waals surface area contributed by atoms with E-state index in [1.165, 1.54) is 218 Å². The summed E-state index contributed by atoms with van der Waals surface area (Å²) in [6, 6.07) is -0.829. The second-order valence-electron chi connectivity index (χ2n) is 18.4. The lowest BCUT2D eigenvalue weighted by Crippen LogP contribution is -2.50. The zero-order valence-electron chi connectivity index (χ0n) is 39.9. The first-order chi connectivity index (χ1) is 29.1. The fourth-order valence-corrected chi connectivity index (χ4v) is 8.42. The number of carbonyl (C=O) groups is 1. The predicted molar refractivity (Wildman–Crippen MR) is 259 cm³/mol. The van der Waals surface area contributed by atoms with Gasteiger partial charge >= 0.3 is 0 Å². The van der Waals surface area contributed by atoms with Gasteiger partial charge in [-0.25, -0.2) is 0 Å². The van der Waals surface area contributed by atoms with Gasteiger partial charge in [-0.05, 0) is 51.4 Å². The number of hydrogen-bond acceptors (Lipinski definition) is 4. The van der Waals surface area contributed by atoms with Gasteiger partial charge in [0.15, 0.2) is 0 Å². The molecule has 5 nitrogen and oxygen atoms in total. The highest BCUT2D eigenvalue weighted by Gasteiger charge is 2.26. The van der Waals surface area contributed by atoms with Crippen LogP contribution in [0.1, 0.15) is 290 Å². The quantitative estimate of drug-likeness (QED) is 0.0363. The number of rotatable bonds is 49. The molecule has 0 aliphatic heterocycles. The number of unbranched alkanes of at least 4 members (excludes halogenated alkanes) is 37. The van der Waals surface area contributed by atoms with Crippen LogP contribution in [0.4, 0.5) is 0 Å². The molecule has 0 rings (SSSR count). The number of nitrogens with one attached hydrogen (secondary N) is 1. The number of aliphatic hydroxyl groups is 3. The monoisotopic (exact) mass is 832 g/mol. The average molecular weight is 832 g/mol. The molecule has 350 valence electrons. The number of allylic oxidation sites excluding steroid dienone is 4. The molecule has 0 radical (unpaired) electrons. The van der Waals surface area contributed by atoms with E-state index in [9.17, 15) is 20.1 Å². The van der Waals surface area contributed by atoms with E-state index < -0.39 is 18.2 Å². The second kappa shape index (κ2) is 49.5. The van der Waals surface area contributed by atoms with Crippen molar-refractivity contribution in [2.24, 2.45) is 0 Å². The van der Waals surface area contributed by atoms with Crippen LogP contribution in [0.15, 0.2) is 24.3 Å². The van der Waals surface area contributed by atoms with Gasteiger partial charge in [0.05, 0.1) is 18.8 Å². The topological polar surface area (TPSA) is 89.8 Å². The lowest BCUT2D eigenvalue weighted by Gasteiger charge is -2.26. The lowest BCUT2D eigenvalue weighted by molar-refractivity contribution is -0.124. The summed E-state index contributed by atoms with van der Waals surface area (Å²) >= 11 is 0. The molecule has 0 heterocycles. The Balaban J connectivity index is 3.53. The van der Waals surface area contributed by atoms with Gasteiger partial charge < -0.3 is 20.6 Å². The zero-order valence-corrected chi connectivity index (χ0v) is 39.9. The molecule has 0 fully saturated rings. The third-order valence-corrected chi connectivity index (χ3v) is 12.5. The van der Waals surface area contributed by atoms with Gasteiger partial charge in [-0.1, -0.05) is 256 Å². The highest BCUT2D eigenvalue weighted by molar-refractivity contribution is 5.76. The minimum Gasteiger partial charge on any atom is -0.394 e. The molecule has 4 N–H and O–H groups in total. The molecule has 3 atom stereocenters. The van der Waals surface area contributed by atoms with Crippen LogP contribution in [0.25, 0.3) is 0 Å². The van der Waals surface area contributed by atoms with Gasteiger partial charge in [0.25, 0.3) is 0 Å². The van der Waals surface area contributed by atoms with Crippen LogP contribution in [0.3, 0.4) is 0 Å². The van der Waals surface area contributed by atoms with E-state index in [0.717, 1.165) is 44.9 Å². The maximum Gasteiger partial charge on any atom is 0.220 e. The minimum atomic E-state index is -1.16. The number of aliphatic hydroxyl groups excluding tert-OH is 3. The highest BCUT2D eigenvalue weighted by Crippen LogP contribution is 2.17. The first-order valence-electron chi connectivity index (χ1n) is 26.6. The van der Waals surface area contributed by atoms with Crippen molar-refractivity contribution in [3.63, 3.8) is 0 Å². The standard InChI is InChI=1S/C54H105NO4/c1-3-5-7-9-11-13-15-17-19-21-22-23-24-25-26-27-28-29-30-31-32-33-35-37-39-41-43-45-47-49-53(58)55-51(50-56)54(59)52(57)48-46-44-42-40-38-36-34-20-18-16-14-12-10-8-6-4-2/h20,34,40,42,51-52,54,56-57,59H,3-19,21-33,35-39,41,43-50H2,1-2H3,(H,55,58)/b34-20+,42-40+. The van der Waals surface area contributed by atoms with E-state index in [0.29, 0.717) is 12.8 Å². The van der Waals surface area contributed by atoms with Crippen LogP contribution < -0.4 is 5.32 Å². The summed E-state index contributed by atoms with van der Waals surface area (Å²) in [6.45, 7) is 4.18. The Morgan fingerprint density at radius 3 is 1.03 bits per heavy atom. The third-order valence-electron chi connectivity index (χ3n) is 12.5. The first kappa shape index (κ1) is 57.8. The normalized spacial score (nSPS) is 13.5. The van der Waals surface area contributed by atoms with Crippen molar-refractivity contribution in [2.45, 2.75) is 308 Å². The molecule has 0 saturated heterocycles. The van der Waals surface area contributed by atoms with E-state index in [2.05, 4.69) is 43.5 Å². The van der Waals surface area contributed by atoms with Crippen molar-refractivity contribution in [3.05, 3.63) is 24.3 Å².